The first-order chi connectivity index (χ1) is 11.0. The molecule has 7 nitrogen and oxygen atoms in total. The highest BCUT2D eigenvalue weighted by Gasteiger charge is 2.28. The summed E-state index contributed by atoms with van der Waals surface area (Å²) in [4.78, 5) is 33.6. The van der Waals surface area contributed by atoms with Gasteiger partial charge < -0.3 is 19.7 Å². The van der Waals surface area contributed by atoms with Crippen LogP contribution >= 0.6 is 0 Å². The molecule has 1 amide bonds. The zero-order valence-electron chi connectivity index (χ0n) is 12.4. The largest absolute Gasteiger partial charge is 0.479 e. The van der Waals surface area contributed by atoms with E-state index in [1.165, 1.54) is 0 Å². The summed E-state index contributed by atoms with van der Waals surface area (Å²) in [7, 11) is 0. The summed E-state index contributed by atoms with van der Waals surface area (Å²) in [5.74, 6) is -3.10. The highest BCUT2D eigenvalue weighted by Crippen LogP contribution is 2.11. The Labute approximate surface area is 132 Å². The Morgan fingerprint density at radius 1 is 1.17 bits per heavy atom. The summed E-state index contributed by atoms with van der Waals surface area (Å²) in [6, 6.07) is 9.37. The predicted molar refractivity (Wildman–Crippen MR) is 80.8 cm³/mol. The zero-order chi connectivity index (χ0) is 16.8. The molecule has 0 radical (unpaired) electrons. The molecule has 2 N–H and O–H groups in total. The maximum Gasteiger partial charge on any atom is 0.340 e. The van der Waals surface area contributed by atoms with E-state index in [1.807, 2.05) is 46.5 Å². The topological polar surface area (TPSA) is 97.6 Å². The maximum absolute atomic E-state index is 11.7. The Morgan fingerprint density at radius 2 is 1.78 bits per heavy atom. The number of rotatable bonds is 6. The molecule has 2 rings (SSSR count). The number of nitrogens with zero attached hydrogens (tertiary/aromatic N) is 1. The van der Waals surface area contributed by atoms with Crippen molar-refractivity contribution >= 4 is 17.8 Å². The Hall–Kier alpha value is -3.09. The van der Waals surface area contributed by atoms with Gasteiger partial charge >= 0.3 is 11.9 Å². The number of aromatic nitrogens is 1. The second-order valence-corrected chi connectivity index (χ2v) is 4.84. The summed E-state index contributed by atoms with van der Waals surface area (Å²) >= 11 is 0. The number of carboxylic acid groups (broad SMARTS) is 1. The average Bonchev–Trinajstić information content (AvgIpc) is 3.04. The number of esters is 1. The van der Waals surface area contributed by atoms with Crippen LogP contribution in [0.4, 0.5) is 0 Å². The molecule has 7 heteroatoms. The minimum atomic E-state index is -1.70. The van der Waals surface area contributed by atoms with Gasteiger partial charge in [-0.25, -0.2) is 9.59 Å². The van der Waals surface area contributed by atoms with Gasteiger partial charge in [0.1, 0.15) is 6.61 Å². The highest BCUT2D eigenvalue weighted by molar-refractivity contribution is 6.01. The fraction of sp³-hybridized carbons (Fsp3) is 0.188. The molecule has 1 unspecified atom stereocenters. The van der Waals surface area contributed by atoms with Crippen LogP contribution in [0.15, 0.2) is 48.8 Å². The monoisotopic (exact) mass is 316 g/mol. The summed E-state index contributed by atoms with van der Waals surface area (Å²) in [6.45, 7) is 1.05. The van der Waals surface area contributed by atoms with Crippen LogP contribution in [0.2, 0.25) is 0 Å². The molecule has 23 heavy (non-hydrogen) atoms. The number of nitrogens with one attached hydrogen (secondary N) is 1. The van der Waals surface area contributed by atoms with E-state index >= 15 is 0 Å². The smallest absolute Gasteiger partial charge is 0.340 e. The molecule has 0 aliphatic heterocycles. The summed E-state index contributed by atoms with van der Waals surface area (Å²) in [6.07, 6.45) is 3.81. The third kappa shape index (κ3) is 4.44. The first-order valence-electron chi connectivity index (χ1n) is 6.86. The Balaban J connectivity index is 1.95. The number of aliphatic carboxylic acids is 1. The summed E-state index contributed by atoms with van der Waals surface area (Å²) in [5.41, 5.74) is 1.66. The second-order valence-electron chi connectivity index (χ2n) is 4.84. The van der Waals surface area contributed by atoms with E-state index in [-0.39, 0.29) is 6.61 Å². The molecule has 0 fully saturated rings. The van der Waals surface area contributed by atoms with Gasteiger partial charge in [0.05, 0.1) is 0 Å². The van der Waals surface area contributed by atoms with E-state index in [0.29, 0.717) is 5.56 Å². The lowest BCUT2D eigenvalue weighted by Crippen LogP contribution is -2.46. The molecular weight excluding hydrogens is 300 g/mol. The number of carbonyl (C=O) groups is 3. The average molecular weight is 316 g/mol. The molecule has 0 spiro atoms. The van der Waals surface area contributed by atoms with Gasteiger partial charge in [-0.05, 0) is 29.8 Å². The van der Waals surface area contributed by atoms with E-state index in [1.54, 1.807) is 12.1 Å². The lowest BCUT2D eigenvalue weighted by atomic mass is 10.2. The van der Waals surface area contributed by atoms with Gasteiger partial charge in [-0.3, -0.25) is 4.79 Å². The lowest BCUT2D eigenvalue weighted by Gasteiger charge is -2.13. The van der Waals surface area contributed by atoms with Gasteiger partial charge in [0, 0.05) is 25.0 Å². The van der Waals surface area contributed by atoms with Crippen LogP contribution < -0.4 is 5.32 Å². The number of hydrogen-bond donors (Lipinski definition) is 2. The van der Waals surface area contributed by atoms with E-state index < -0.39 is 23.9 Å². The van der Waals surface area contributed by atoms with Gasteiger partial charge in [-0.15, -0.1) is 0 Å². The van der Waals surface area contributed by atoms with E-state index in [4.69, 9.17) is 9.84 Å². The number of carboxylic acids is 1. The standard InChI is InChI=1S/C16H16N2O5/c1-11(19)17-14(15(20)21)16(22)23-10-12-4-6-13(7-5-12)18-8-2-3-9-18/h2-9,14H,10H2,1H3,(H,17,19)(H,20,21). The van der Waals surface area contributed by atoms with Gasteiger partial charge in [-0.1, -0.05) is 12.1 Å². The second kappa shape index (κ2) is 7.26. The molecule has 0 aliphatic rings. The third-order valence-electron chi connectivity index (χ3n) is 3.05. The Morgan fingerprint density at radius 3 is 2.30 bits per heavy atom. The molecule has 0 aliphatic carbocycles. The van der Waals surface area contributed by atoms with Crippen molar-refractivity contribution in [2.24, 2.45) is 0 Å². The zero-order valence-corrected chi connectivity index (χ0v) is 12.4. The molecule has 1 aromatic carbocycles. The van der Waals surface area contributed by atoms with Crippen molar-refractivity contribution in [1.29, 1.82) is 0 Å². The van der Waals surface area contributed by atoms with Crippen LogP contribution in [0.5, 0.6) is 0 Å². The predicted octanol–water partition coefficient (Wildman–Crippen LogP) is 1.11. The SMILES string of the molecule is CC(=O)NC(C(=O)O)C(=O)OCc1ccc(-n2cccc2)cc1. The van der Waals surface area contributed by atoms with Gasteiger partial charge in [0.15, 0.2) is 0 Å². The number of hydrogen-bond acceptors (Lipinski definition) is 4. The molecule has 1 aromatic heterocycles. The van der Waals surface area contributed by atoms with Crippen LogP contribution in [0.1, 0.15) is 12.5 Å². The lowest BCUT2D eigenvalue weighted by molar-refractivity contribution is -0.157. The first-order valence-corrected chi connectivity index (χ1v) is 6.86. The number of ether oxygens (including phenoxy) is 1. The third-order valence-corrected chi connectivity index (χ3v) is 3.05. The summed E-state index contributed by atoms with van der Waals surface area (Å²) < 4.78 is 6.87. The minimum absolute atomic E-state index is 0.0752. The van der Waals surface area contributed by atoms with Crippen molar-refractivity contribution in [2.75, 3.05) is 0 Å². The number of amides is 1. The Bertz CT molecular complexity index is 692. The van der Waals surface area contributed by atoms with Gasteiger partial charge in [0.25, 0.3) is 0 Å². The number of benzene rings is 1. The van der Waals surface area contributed by atoms with Crippen LogP contribution in [-0.4, -0.2) is 33.6 Å². The minimum Gasteiger partial charge on any atom is -0.479 e. The molecule has 0 saturated carbocycles. The molecule has 1 heterocycles. The summed E-state index contributed by atoms with van der Waals surface area (Å²) in [5, 5.41) is 10.9. The molecule has 0 bridgehead atoms. The maximum atomic E-state index is 11.7. The van der Waals surface area contributed by atoms with E-state index in [9.17, 15) is 14.4 Å². The molecule has 120 valence electrons. The van der Waals surface area contributed by atoms with Crippen LogP contribution in [-0.2, 0) is 25.7 Å². The quantitative estimate of drug-likeness (QED) is 0.614. The fourth-order valence-corrected chi connectivity index (χ4v) is 1.93. The molecule has 2 aromatic rings. The molecular formula is C16H16N2O5. The van der Waals surface area contributed by atoms with Crippen molar-refractivity contribution in [3.05, 3.63) is 54.4 Å². The van der Waals surface area contributed by atoms with Gasteiger partial charge in [0.2, 0.25) is 11.9 Å². The van der Waals surface area contributed by atoms with Crippen LogP contribution in [0.3, 0.4) is 0 Å². The normalized spacial score (nSPS) is 11.5. The Kier molecular flexibility index (Phi) is 5.14. The van der Waals surface area contributed by atoms with Crippen LogP contribution in [0.25, 0.3) is 5.69 Å². The first kappa shape index (κ1) is 16.3. The molecule has 1 atom stereocenters. The van der Waals surface area contributed by atoms with Crippen molar-refractivity contribution < 1.29 is 24.2 Å². The van der Waals surface area contributed by atoms with Crippen molar-refractivity contribution in [1.82, 2.24) is 9.88 Å². The molecule has 0 saturated heterocycles. The van der Waals surface area contributed by atoms with Crippen molar-refractivity contribution in [2.45, 2.75) is 19.6 Å². The van der Waals surface area contributed by atoms with E-state index in [0.717, 1.165) is 12.6 Å². The number of carbonyl (C=O) groups excluding carboxylic acids is 2. The van der Waals surface area contributed by atoms with Crippen molar-refractivity contribution in [3.63, 3.8) is 0 Å². The van der Waals surface area contributed by atoms with Gasteiger partial charge in [-0.2, -0.15) is 0 Å². The van der Waals surface area contributed by atoms with Crippen LogP contribution in [0, 0.1) is 0 Å². The van der Waals surface area contributed by atoms with E-state index in [2.05, 4.69) is 0 Å². The van der Waals surface area contributed by atoms with Crippen molar-refractivity contribution in [3.8, 4) is 5.69 Å². The highest BCUT2D eigenvalue weighted by atomic mass is 16.5. The fourth-order valence-electron chi connectivity index (χ4n) is 1.93.